The maximum Gasteiger partial charge on any atom is 0.0873 e. The van der Waals surface area contributed by atoms with E-state index in [0.29, 0.717) is 11.6 Å². The van der Waals surface area contributed by atoms with Crippen LogP contribution in [-0.2, 0) is 0 Å². The van der Waals surface area contributed by atoms with Gasteiger partial charge in [0, 0.05) is 30.6 Å². The molecule has 0 bridgehead atoms. The summed E-state index contributed by atoms with van der Waals surface area (Å²) in [6, 6.07) is 0. The van der Waals surface area contributed by atoms with Gasteiger partial charge in [-0.25, -0.2) is 0 Å². The molecule has 1 aliphatic carbocycles. The zero-order valence-corrected chi connectivity index (χ0v) is 10.2. The Morgan fingerprint density at radius 3 is 3.00 bits per heavy atom. The number of fused-ring (bicyclic) bond motifs is 3. The van der Waals surface area contributed by atoms with Crippen LogP contribution in [0.25, 0.3) is 0 Å². The standard InChI is InChI=1S/C13H22N2/c1-13-8-9-14(2)12(13)15(3)11-7-5-4-6-10(11)13/h7,10,12H,4-6,8-9H2,1-3H3. The Bertz CT molecular complexity index is 310. The lowest BCUT2D eigenvalue weighted by molar-refractivity contribution is 0.105. The van der Waals surface area contributed by atoms with Gasteiger partial charge in [-0.3, -0.25) is 4.90 Å². The molecule has 0 aromatic heterocycles. The Kier molecular flexibility index (Phi) is 1.94. The number of allylic oxidation sites excluding steroid dienone is 2. The van der Waals surface area contributed by atoms with Crippen LogP contribution >= 0.6 is 0 Å². The van der Waals surface area contributed by atoms with Gasteiger partial charge in [-0.1, -0.05) is 13.0 Å². The van der Waals surface area contributed by atoms with Crippen LogP contribution in [0.5, 0.6) is 0 Å². The summed E-state index contributed by atoms with van der Waals surface area (Å²) in [6.07, 6.45) is 8.63. The van der Waals surface area contributed by atoms with E-state index in [0.717, 1.165) is 5.92 Å². The summed E-state index contributed by atoms with van der Waals surface area (Å²) < 4.78 is 0. The van der Waals surface area contributed by atoms with Crippen LogP contribution in [0.1, 0.15) is 32.6 Å². The molecule has 3 rings (SSSR count). The molecule has 3 unspecified atom stereocenters. The third-order valence-electron chi connectivity index (χ3n) is 4.99. The van der Waals surface area contributed by atoms with E-state index in [2.05, 4.69) is 36.9 Å². The molecule has 3 atom stereocenters. The van der Waals surface area contributed by atoms with Crippen LogP contribution in [0.4, 0.5) is 0 Å². The van der Waals surface area contributed by atoms with Crippen molar-refractivity contribution in [3.05, 3.63) is 11.8 Å². The Hall–Kier alpha value is -0.500. The Morgan fingerprint density at radius 1 is 1.40 bits per heavy atom. The van der Waals surface area contributed by atoms with Crippen LogP contribution in [0.2, 0.25) is 0 Å². The summed E-state index contributed by atoms with van der Waals surface area (Å²) in [4.78, 5) is 5.09. The van der Waals surface area contributed by atoms with E-state index in [1.165, 1.54) is 32.2 Å². The normalized spacial score (nSPS) is 45.3. The molecule has 0 saturated carbocycles. The Balaban J connectivity index is 2.04. The first-order valence-corrected chi connectivity index (χ1v) is 6.28. The van der Waals surface area contributed by atoms with Crippen molar-refractivity contribution in [2.75, 3.05) is 20.6 Å². The monoisotopic (exact) mass is 206 g/mol. The van der Waals surface area contributed by atoms with Gasteiger partial charge in [0.1, 0.15) is 0 Å². The van der Waals surface area contributed by atoms with Crippen molar-refractivity contribution in [2.45, 2.75) is 38.8 Å². The van der Waals surface area contributed by atoms with Crippen LogP contribution in [0.3, 0.4) is 0 Å². The molecule has 2 fully saturated rings. The predicted molar refractivity (Wildman–Crippen MR) is 62.3 cm³/mol. The second kappa shape index (κ2) is 3.00. The Labute approximate surface area is 92.9 Å². The number of likely N-dealkylation sites (tertiary alicyclic amines) is 2. The average Bonchev–Trinajstić information content (AvgIpc) is 2.65. The minimum atomic E-state index is 0.524. The van der Waals surface area contributed by atoms with Gasteiger partial charge < -0.3 is 4.90 Å². The van der Waals surface area contributed by atoms with Crippen LogP contribution < -0.4 is 0 Å². The predicted octanol–water partition coefficient (Wildman–Crippen LogP) is 2.28. The maximum absolute atomic E-state index is 2.55. The lowest BCUT2D eigenvalue weighted by Gasteiger charge is -2.33. The largest absolute Gasteiger partial charge is 0.362 e. The van der Waals surface area contributed by atoms with Crippen molar-refractivity contribution in [1.29, 1.82) is 0 Å². The smallest absolute Gasteiger partial charge is 0.0873 e. The molecule has 2 heteroatoms. The van der Waals surface area contributed by atoms with E-state index in [1.807, 2.05) is 0 Å². The van der Waals surface area contributed by atoms with E-state index in [1.54, 1.807) is 5.70 Å². The molecule has 0 aromatic rings. The number of rotatable bonds is 0. The summed E-state index contributed by atoms with van der Waals surface area (Å²) in [6.45, 7) is 3.78. The SMILES string of the molecule is CN1CCC2(C)C3CCCC=C3N(C)C12. The van der Waals surface area contributed by atoms with Crippen molar-refractivity contribution in [2.24, 2.45) is 11.3 Å². The van der Waals surface area contributed by atoms with Gasteiger partial charge in [-0.05, 0) is 32.7 Å². The minimum Gasteiger partial charge on any atom is -0.362 e. The zero-order valence-electron chi connectivity index (χ0n) is 10.2. The first-order chi connectivity index (χ1) is 7.14. The number of hydrogen-bond donors (Lipinski definition) is 0. The molecule has 2 aliphatic heterocycles. The van der Waals surface area contributed by atoms with Crippen molar-refractivity contribution in [3.63, 3.8) is 0 Å². The maximum atomic E-state index is 2.55. The molecule has 0 amide bonds. The van der Waals surface area contributed by atoms with Gasteiger partial charge in [0.05, 0.1) is 6.17 Å². The van der Waals surface area contributed by atoms with Gasteiger partial charge >= 0.3 is 0 Å². The highest BCUT2D eigenvalue weighted by molar-refractivity contribution is 5.23. The molecule has 2 nitrogen and oxygen atoms in total. The van der Waals surface area contributed by atoms with E-state index in [9.17, 15) is 0 Å². The molecule has 3 aliphatic rings. The third kappa shape index (κ3) is 1.09. The molecule has 0 spiro atoms. The lowest BCUT2D eigenvalue weighted by atomic mass is 9.72. The second-order valence-corrected chi connectivity index (χ2v) is 5.83. The highest BCUT2D eigenvalue weighted by Crippen LogP contribution is 2.56. The molecule has 84 valence electrons. The first-order valence-electron chi connectivity index (χ1n) is 6.28. The lowest BCUT2D eigenvalue weighted by Crippen LogP contribution is -2.41. The summed E-state index contributed by atoms with van der Waals surface area (Å²) in [5.41, 5.74) is 2.16. The number of nitrogens with zero attached hydrogens (tertiary/aromatic N) is 2. The fourth-order valence-electron chi connectivity index (χ4n) is 4.32. The van der Waals surface area contributed by atoms with E-state index >= 15 is 0 Å². The molecule has 2 saturated heterocycles. The van der Waals surface area contributed by atoms with E-state index in [-0.39, 0.29) is 0 Å². The summed E-state index contributed by atoms with van der Waals surface area (Å²) in [5.74, 6) is 0.839. The van der Waals surface area contributed by atoms with E-state index in [4.69, 9.17) is 0 Å². The quantitative estimate of drug-likeness (QED) is 0.600. The first kappa shape index (κ1) is 9.71. The van der Waals surface area contributed by atoms with Gasteiger partial charge in [0.25, 0.3) is 0 Å². The zero-order chi connectivity index (χ0) is 10.6. The van der Waals surface area contributed by atoms with Gasteiger partial charge in [-0.15, -0.1) is 0 Å². The molecule has 0 radical (unpaired) electrons. The van der Waals surface area contributed by atoms with Crippen molar-refractivity contribution >= 4 is 0 Å². The van der Waals surface area contributed by atoms with Crippen LogP contribution in [0.15, 0.2) is 11.8 Å². The molecular formula is C13H22N2. The van der Waals surface area contributed by atoms with Crippen molar-refractivity contribution in [1.82, 2.24) is 9.80 Å². The van der Waals surface area contributed by atoms with E-state index < -0.39 is 0 Å². The molecule has 15 heavy (non-hydrogen) atoms. The average molecular weight is 206 g/mol. The van der Waals surface area contributed by atoms with Crippen LogP contribution in [-0.4, -0.2) is 36.6 Å². The summed E-state index contributed by atoms with van der Waals surface area (Å²) in [5, 5.41) is 0. The highest BCUT2D eigenvalue weighted by Gasteiger charge is 2.56. The fraction of sp³-hybridized carbons (Fsp3) is 0.846. The fourth-order valence-corrected chi connectivity index (χ4v) is 4.32. The second-order valence-electron chi connectivity index (χ2n) is 5.83. The summed E-state index contributed by atoms with van der Waals surface area (Å²) >= 11 is 0. The van der Waals surface area contributed by atoms with Crippen molar-refractivity contribution in [3.8, 4) is 0 Å². The topological polar surface area (TPSA) is 6.48 Å². The molecule has 2 heterocycles. The molecule has 0 N–H and O–H groups in total. The van der Waals surface area contributed by atoms with Gasteiger partial charge in [-0.2, -0.15) is 0 Å². The van der Waals surface area contributed by atoms with Crippen LogP contribution in [0, 0.1) is 11.3 Å². The highest BCUT2D eigenvalue weighted by atomic mass is 15.4. The summed E-state index contributed by atoms with van der Waals surface area (Å²) in [7, 11) is 4.58. The third-order valence-corrected chi connectivity index (χ3v) is 4.99. The van der Waals surface area contributed by atoms with Crippen molar-refractivity contribution < 1.29 is 0 Å². The Morgan fingerprint density at radius 2 is 2.20 bits per heavy atom. The number of hydrogen-bond acceptors (Lipinski definition) is 2. The van der Waals surface area contributed by atoms with Gasteiger partial charge in [0.2, 0.25) is 0 Å². The molecule has 0 aromatic carbocycles. The molecular weight excluding hydrogens is 184 g/mol. The van der Waals surface area contributed by atoms with Gasteiger partial charge in [0.15, 0.2) is 0 Å². The minimum absolute atomic E-state index is 0.524.